The number of aromatic amines is 1. The van der Waals surface area contributed by atoms with Crippen LogP contribution in [-0.4, -0.2) is 31.9 Å². The number of H-pyrrole nitrogens is 1. The van der Waals surface area contributed by atoms with E-state index >= 15 is 0 Å². The average molecular weight is 443 g/mol. The minimum atomic E-state index is -0.542. The molecule has 3 aromatic rings. The van der Waals surface area contributed by atoms with E-state index in [9.17, 15) is 4.79 Å². The van der Waals surface area contributed by atoms with Crippen molar-refractivity contribution in [3.8, 4) is 0 Å². The number of nitrogens with zero attached hydrogens (tertiary/aromatic N) is 3. The molecule has 0 saturated carbocycles. The van der Waals surface area contributed by atoms with Crippen molar-refractivity contribution in [2.75, 3.05) is 10.6 Å². The monoisotopic (exact) mass is 442 g/mol. The van der Waals surface area contributed by atoms with Crippen LogP contribution in [0.2, 0.25) is 5.15 Å². The summed E-state index contributed by atoms with van der Waals surface area (Å²) >= 11 is 5.98. The Morgan fingerprint density at radius 2 is 1.87 bits per heavy atom. The molecule has 0 unspecified atom stereocenters. The molecule has 31 heavy (non-hydrogen) atoms. The van der Waals surface area contributed by atoms with E-state index < -0.39 is 11.7 Å². The highest BCUT2D eigenvalue weighted by molar-refractivity contribution is 6.29. The quantitative estimate of drug-likeness (QED) is 0.444. The first-order valence-corrected chi connectivity index (χ1v) is 10.4. The third kappa shape index (κ3) is 6.96. The second-order valence-electron chi connectivity index (χ2n) is 8.29. The van der Waals surface area contributed by atoms with Gasteiger partial charge in [0, 0.05) is 23.5 Å². The van der Waals surface area contributed by atoms with Crippen LogP contribution in [0, 0.1) is 13.8 Å². The maximum Gasteiger partial charge on any atom is 0.412 e. The van der Waals surface area contributed by atoms with Crippen molar-refractivity contribution in [3.05, 3.63) is 58.1 Å². The molecule has 0 fully saturated rings. The average Bonchev–Trinajstić information content (AvgIpc) is 3.07. The summed E-state index contributed by atoms with van der Waals surface area (Å²) in [4.78, 5) is 20.4. The molecular weight excluding hydrogens is 416 g/mol. The van der Waals surface area contributed by atoms with Crippen molar-refractivity contribution in [1.82, 2.24) is 20.2 Å². The number of anilines is 3. The summed E-state index contributed by atoms with van der Waals surface area (Å²) in [6.45, 7) is 9.33. The third-order valence-electron chi connectivity index (χ3n) is 4.35. The number of rotatable bonds is 6. The highest BCUT2D eigenvalue weighted by Gasteiger charge is 2.16. The summed E-state index contributed by atoms with van der Waals surface area (Å²) in [7, 11) is 0. The van der Waals surface area contributed by atoms with Crippen LogP contribution in [-0.2, 0) is 17.6 Å². The Labute approximate surface area is 186 Å². The molecule has 0 spiro atoms. The fourth-order valence-electron chi connectivity index (χ4n) is 2.99. The van der Waals surface area contributed by atoms with E-state index in [4.69, 9.17) is 16.3 Å². The zero-order valence-electron chi connectivity index (χ0n) is 18.3. The highest BCUT2D eigenvalue weighted by atomic mass is 35.5. The molecule has 2 heterocycles. The molecule has 0 bridgehead atoms. The lowest BCUT2D eigenvalue weighted by Crippen LogP contribution is -2.27. The molecule has 0 aliphatic carbocycles. The van der Waals surface area contributed by atoms with E-state index in [-0.39, 0.29) is 0 Å². The number of ether oxygens (including phenoxy) is 1. The number of hydrogen-bond donors (Lipinski definition) is 3. The molecule has 1 aromatic carbocycles. The lowest BCUT2D eigenvalue weighted by Gasteiger charge is -2.20. The molecule has 0 atom stereocenters. The summed E-state index contributed by atoms with van der Waals surface area (Å²) in [6.07, 6.45) is 1.08. The second kappa shape index (κ2) is 9.34. The van der Waals surface area contributed by atoms with Crippen LogP contribution in [0.1, 0.15) is 43.4 Å². The molecule has 9 heteroatoms. The van der Waals surface area contributed by atoms with Crippen LogP contribution in [0.25, 0.3) is 0 Å². The molecule has 0 radical (unpaired) electrons. The number of carbonyl (C=O) groups excluding carboxylic acids is 1. The molecule has 164 valence electrons. The van der Waals surface area contributed by atoms with Gasteiger partial charge in [0.05, 0.1) is 0 Å². The Morgan fingerprint density at radius 3 is 2.58 bits per heavy atom. The number of nitrogens with one attached hydrogen (secondary N) is 3. The van der Waals surface area contributed by atoms with E-state index in [1.165, 1.54) is 0 Å². The van der Waals surface area contributed by atoms with Gasteiger partial charge in [-0.2, -0.15) is 5.10 Å². The molecule has 8 nitrogen and oxygen atoms in total. The Hall–Kier alpha value is -3.13. The van der Waals surface area contributed by atoms with E-state index in [1.807, 2.05) is 52.0 Å². The van der Waals surface area contributed by atoms with Crippen molar-refractivity contribution >= 4 is 35.0 Å². The molecule has 0 saturated heterocycles. The molecule has 3 rings (SSSR count). The van der Waals surface area contributed by atoms with Crippen LogP contribution in [0.15, 0.2) is 30.3 Å². The number of hydrogen-bond acceptors (Lipinski definition) is 6. The number of aromatic nitrogens is 4. The smallest absolute Gasteiger partial charge is 0.412 e. The normalized spacial score (nSPS) is 11.3. The Morgan fingerprint density at radius 1 is 1.10 bits per heavy atom. The minimum Gasteiger partial charge on any atom is -0.444 e. The summed E-state index contributed by atoms with van der Waals surface area (Å²) in [5, 5.41) is 13.6. The van der Waals surface area contributed by atoms with Gasteiger partial charge in [0.25, 0.3) is 0 Å². The van der Waals surface area contributed by atoms with E-state index in [0.29, 0.717) is 28.3 Å². The van der Waals surface area contributed by atoms with Gasteiger partial charge in [0.15, 0.2) is 5.82 Å². The van der Waals surface area contributed by atoms with Gasteiger partial charge in [-0.3, -0.25) is 10.4 Å². The fourth-order valence-corrected chi connectivity index (χ4v) is 3.22. The Bertz CT molecular complexity index is 1050. The summed E-state index contributed by atoms with van der Waals surface area (Å²) < 4.78 is 5.32. The maximum atomic E-state index is 12.0. The van der Waals surface area contributed by atoms with Crippen LogP contribution in [0.5, 0.6) is 0 Å². The van der Waals surface area contributed by atoms with Crippen molar-refractivity contribution in [2.45, 2.75) is 53.1 Å². The van der Waals surface area contributed by atoms with E-state index in [2.05, 4.69) is 30.8 Å². The van der Waals surface area contributed by atoms with Gasteiger partial charge in [0.1, 0.15) is 22.4 Å². The zero-order chi connectivity index (χ0) is 22.6. The van der Waals surface area contributed by atoms with Crippen molar-refractivity contribution < 1.29 is 9.53 Å². The van der Waals surface area contributed by atoms with E-state index in [0.717, 1.165) is 29.7 Å². The van der Waals surface area contributed by atoms with Crippen LogP contribution >= 0.6 is 11.6 Å². The Balaban J connectivity index is 1.61. The van der Waals surface area contributed by atoms with Gasteiger partial charge >= 0.3 is 6.09 Å². The van der Waals surface area contributed by atoms with Gasteiger partial charge in [0.2, 0.25) is 0 Å². The number of halogens is 1. The molecule has 2 aromatic heterocycles. The SMILES string of the molecule is Cc1nc(Cl)cc(Nc2cc(CCc3cc(NC(=O)OC(C)(C)C)ccc3C)[nH]n2)n1. The maximum absolute atomic E-state index is 12.0. The van der Waals surface area contributed by atoms with E-state index in [1.54, 1.807) is 13.0 Å². The van der Waals surface area contributed by atoms with Gasteiger partial charge in [-0.15, -0.1) is 0 Å². The van der Waals surface area contributed by atoms with Crippen molar-refractivity contribution in [1.29, 1.82) is 0 Å². The number of carbonyl (C=O) groups is 1. The van der Waals surface area contributed by atoms with Crippen molar-refractivity contribution in [2.24, 2.45) is 0 Å². The lowest BCUT2D eigenvalue weighted by atomic mass is 10.0. The summed E-state index contributed by atoms with van der Waals surface area (Å²) in [5.41, 5.74) is 3.43. The van der Waals surface area contributed by atoms with Gasteiger partial charge < -0.3 is 10.1 Å². The largest absolute Gasteiger partial charge is 0.444 e. The Kier molecular flexibility index (Phi) is 6.80. The fraction of sp³-hybridized carbons (Fsp3) is 0.364. The first-order chi connectivity index (χ1) is 14.6. The molecule has 0 aliphatic heterocycles. The molecular formula is C22H27ClN6O2. The summed E-state index contributed by atoms with van der Waals surface area (Å²) in [5.74, 6) is 1.83. The number of benzene rings is 1. The van der Waals surface area contributed by atoms with Crippen LogP contribution < -0.4 is 10.6 Å². The highest BCUT2D eigenvalue weighted by Crippen LogP contribution is 2.20. The first-order valence-electron chi connectivity index (χ1n) is 9.99. The van der Waals surface area contributed by atoms with Crippen molar-refractivity contribution in [3.63, 3.8) is 0 Å². The predicted molar refractivity (Wildman–Crippen MR) is 122 cm³/mol. The van der Waals surface area contributed by atoms with Crippen LogP contribution in [0.4, 0.5) is 22.1 Å². The molecule has 0 aliphatic rings. The van der Waals surface area contributed by atoms with Gasteiger partial charge in [-0.25, -0.2) is 14.8 Å². The van der Waals surface area contributed by atoms with Gasteiger partial charge in [-0.05, 0) is 70.7 Å². The number of aryl methyl sites for hydroxylation is 4. The van der Waals surface area contributed by atoms with Gasteiger partial charge in [-0.1, -0.05) is 17.7 Å². The van der Waals surface area contributed by atoms with Crippen LogP contribution in [0.3, 0.4) is 0 Å². The topological polar surface area (TPSA) is 105 Å². The standard InChI is InChI=1S/C22H27ClN6O2/c1-13-6-8-16(26-21(30)31-22(3,4)5)10-15(13)7-9-17-11-20(29-28-17)27-19-12-18(23)24-14(2)25-19/h6,8,10-12H,7,9H2,1-5H3,(H,26,30)(H2,24,25,27,28,29). The molecule has 3 N–H and O–H groups in total. The zero-order valence-corrected chi connectivity index (χ0v) is 19.1. The molecule has 1 amide bonds. The predicted octanol–water partition coefficient (Wildman–Crippen LogP) is 5.35. The summed E-state index contributed by atoms with van der Waals surface area (Å²) in [6, 6.07) is 9.42. The first kappa shape index (κ1) is 22.6. The third-order valence-corrected chi connectivity index (χ3v) is 4.55. The second-order valence-corrected chi connectivity index (χ2v) is 8.68. The minimum absolute atomic E-state index is 0.376. The lowest BCUT2D eigenvalue weighted by molar-refractivity contribution is 0.0636. The number of amides is 1.